The topological polar surface area (TPSA) is 71.7 Å². The first kappa shape index (κ1) is 24.9. The number of piperidine rings is 1. The van der Waals surface area contributed by atoms with Gasteiger partial charge in [-0.15, -0.1) is 21.5 Å². The van der Waals surface area contributed by atoms with Gasteiger partial charge in [0.2, 0.25) is 17.7 Å². The zero-order valence-electron chi connectivity index (χ0n) is 20.8. The van der Waals surface area contributed by atoms with Crippen LogP contribution in [0.3, 0.4) is 0 Å². The van der Waals surface area contributed by atoms with E-state index in [1.54, 1.807) is 17.4 Å². The molecule has 0 saturated carbocycles. The second kappa shape index (κ2) is 12.0. The van der Waals surface area contributed by atoms with Crippen LogP contribution in [-0.2, 0) is 17.9 Å². The number of amides is 1. The number of rotatable bonds is 9. The van der Waals surface area contributed by atoms with E-state index in [4.69, 9.17) is 9.15 Å². The Morgan fingerprint density at radius 1 is 1.08 bits per heavy atom. The normalized spacial score (nSPS) is 14.5. The maximum absolute atomic E-state index is 12.5. The molecule has 0 radical (unpaired) electrons. The highest BCUT2D eigenvalue weighted by Gasteiger charge is 2.23. The lowest BCUT2D eigenvalue weighted by Gasteiger charge is -2.31. The molecule has 7 nitrogen and oxygen atoms in total. The predicted octanol–water partition coefficient (Wildman–Crippen LogP) is 5.51. The van der Waals surface area contributed by atoms with Crippen LogP contribution in [0.15, 0.2) is 82.6 Å². The summed E-state index contributed by atoms with van der Waals surface area (Å²) in [6, 6.07) is 22.0. The molecule has 1 fully saturated rings. The fraction of sp³-hybridized carbons (Fsp3) is 0.276. The average molecular weight is 515 g/mol. The second-order valence-electron chi connectivity index (χ2n) is 9.18. The number of hydrogen-bond donors (Lipinski definition) is 0. The fourth-order valence-electron chi connectivity index (χ4n) is 4.36. The van der Waals surface area contributed by atoms with Gasteiger partial charge in [-0.1, -0.05) is 36.4 Å². The summed E-state index contributed by atoms with van der Waals surface area (Å²) in [6.07, 6.45) is 5.31. The molecule has 0 spiro atoms. The van der Waals surface area contributed by atoms with Gasteiger partial charge in [0, 0.05) is 49.0 Å². The first-order valence-corrected chi connectivity index (χ1v) is 13.3. The highest BCUT2D eigenvalue weighted by molar-refractivity contribution is 7.10. The van der Waals surface area contributed by atoms with Gasteiger partial charge < -0.3 is 14.1 Å². The third kappa shape index (κ3) is 6.93. The minimum absolute atomic E-state index is 0.0639. The molecule has 37 heavy (non-hydrogen) atoms. The van der Waals surface area contributed by atoms with Crippen LogP contribution in [0, 0.1) is 0 Å². The van der Waals surface area contributed by atoms with Gasteiger partial charge >= 0.3 is 0 Å². The van der Waals surface area contributed by atoms with E-state index in [1.165, 1.54) is 0 Å². The zero-order valence-corrected chi connectivity index (χ0v) is 21.6. The molecule has 2 aromatic heterocycles. The molecule has 0 unspecified atom stereocenters. The van der Waals surface area contributed by atoms with E-state index in [-0.39, 0.29) is 12.0 Å². The van der Waals surface area contributed by atoms with Crippen molar-refractivity contribution in [1.29, 1.82) is 0 Å². The summed E-state index contributed by atoms with van der Waals surface area (Å²) in [5.74, 6) is 2.04. The number of benzene rings is 2. The number of aromatic nitrogens is 2. The Morgan fingerprint density at radius 2 is 1.92 bits per heavy atom. The number of nitrogens with zero attached hydrogens (tertiary/aromatic N) is 4. The number of thiophene rings is 1. The summed E-state index contributed by atoms with van der Waals surface area (Å²) in [5, 5.41) is 10.4. The van der Waals surface area contributed by atoms with Gasteiger partial charge in [-0.2, -0.15) is 0 Å². The summed E-state index contributed by atoms with van der Waals surface area (Å²) in [7, 11) is 2.03. The lowest BCUT2D eigenvalue weighted by molar-refractivity contribution is -0.127. The Balaban J connectivity index is 1.09. The van der Waals surface area contributed by atoms with Gasteiger partial charge in [0.15, 0.2) is 0 Å². The summed E-state index contributed by atoms with van der Waals surface area (Å²) < 4.78 is 12.1. The van der Waals surface area contributed by atoms with Crippen molar-refractivity contribution in [3.05, 3.63) is 94.5 Å². The predicted molar refractivity (Wildman–Crippen MR) is 145 cm³/mol. The molecule has 0 atom stereocenters. The van der Waals surface area contributed by atoms with Gasteiger partial charge in [-0.05, 0) is 54.4 Å². The van der Waals surface area contributed by atoms with Crippen LogP contribution in [0.25, 0.3) is 17.5 Å². The van der Waals surface area contributed by atoms with E-state index < -0.39 is 0 Å². The van der Waals surface area contributed by atoms with Crippen LogP contribution in [0.1, 0.15) is 29.2 Å². The quantitative estimate of drug-likeness (QED) is 0.274. The Labute approximate surface area is 221 Å². The number of carbonyl (C=O) groups excluding carboxylic acids is 1. The van der Waals surface area contributed by atoms with Crippen molar-refractivity contribution in [2.75, 3.05) is 20.1 Å². The summed E-state index contributed by atoms with van der Waals surface area (Å²) >= 11 is 1.63. The standard InChI is InChI=1S/C29H30N4O3S/c1-32(21-27-30-31-29(36-27)23-8-3-2-4-9-23)20-22-7-5-10-25(19-22)35-24-14-16-33(17-15-24)28(34)13-12-26-11-6-18-37-26/h2-13,18-19,24H,14-17,20-21H2,1H3/b13-12+. The molecular weight excluding hydrogens is 484 g/mol. The largest absolute Gasteiger partial charge is 0.490 e. The van der Waals surface area contributed by atoms with Crippen LogP contribution >= 0.6 is 11.3 Å². The van der Waals surface area contributed by atoms with Crippen molar-refractivity contribution >= 4 is 23.3 Å². The number of likely N-dealkylation sites (tertiary alicyclic amines) is 1. The Morgan fingerprint density at radius 3 is 2.70 bits per heavy atom. The fourth-order valence-corrected chi connectivity index (χ4v) is 4.98. The van der Waals surface area contributed by atoms with Gasteiger partial charge in [0.25, 0.3) is 0 Å². The highest BCUT2D eigenvalue weighted by atomic mass is 32.1. The van der Waals surface area contributed by atoms with Crippen molar-refractivity contribution in [3.63, 3.8) is 0 Å². The minimum Gasteiger partial charge on any atom is -0.490 e. The van der Waals surface area contributed by atoms with Crippen LogP contribution in [0.5, 0.6) is 5.75 Å². The molecule has 3 heterocycles. The van der Waals surface area contributed by atoms with Crippen molar-refractivity contribution < 1.29 is 13.9 Å². The molecule has 4 aromatic rings. The van der Waals surface area contributed by atoms with E-state index in [9.17, 15) is 4.79 Å². The van der Waals surface area contributed by atoms with E-state index in [1.807, 2.05) is 78.0 Å². The number of hydrogen-bond acceptors (Lipinski definition) is 7. The number of carbonyl (C=O) groups is 1. The first-order chi connectivity index (χ1) is 18.1. The van der Waals surface area contributed by atoms with Crippen LogP contribution in [0.4, 0.5) is 0 Å². The molecule has 190 valence electrons. The maximum atomic E-state index is 12.5. The van der Waals surface area contributed by atoms with Gasteiger partial charge in [0.05, 0.1) is 6.54 Å². The maximum Gasteiger partial charge on any atom is 0.247 e. The van der Waals surface area contributed by atoms with Gasteiger partial charge in [-0.3, -0.25) is 9.69 Å². The third-order valence-electron chi connectivity index (χ3n) is 6.23. The van der Waals surface area contributed by atoms with Gasteiger partial charge in [0.1, 0.15) is 11.9 Å². The molecule has 0 N–H and O–H groups in total. The second-order valence-corrected chi connectivity index (χ2v) is 10.2. The molecule has 2 aromatic carbocycles. The molecule has 8 heteroatoms. The monoisotopic (exact) mass is 514 g/mol. The molecule has 5 rings (SSSR count). The molecule has 0 aliphatic carbocycles. The Hall–Kier alpha value is -3.75. The van der Waals surface area contributed by atoms with Crippen LogP contribution in [-0.4, -0.2) is 52.1 Å². The van der Waals surface area contributed by atoms with E-state index >= 15 is 0 Å². The molecule has 1 aliphatic rings. The molecular formula is C29H30N4O3S. The molecule has 1 aliphatic heterocycles. The van der Waals surface area contributed by atoms with E-state index in [2.05, 4.69) is 27.2 Å². The van der Waals surface area contributed by atoms with Crippen molar-refractivity contribution in [2.24, 2.45) is 0 Å². The van der Waals surface area contributed by atoms with E-state index in [0.29, 0.717) is 31.4 Å². The summed E-state index contributed by atoms with van der Waals surface area (Å²) in [6.45, 7) is 2.69. The SMILES string of the molecule is CN(Cc1cccc(OC2CCN(C(=O)/C=C/c3cccs3)CC2)c1)Cc1nnc(-c2ccccc2)o1. The van der Waals surface area contributed by atoms with Crippen molar-refractivity contribution in [2.45, 2.75) is 32.0 Å². The first-order valence-electron chi connectivity index (χ1n) is 12.4. The van der Waals surface area contributed by atoms with Crippen molar-refractivity contribution in [3.8, 4) is 17.2 Å². The van der Waals surface area contributed by atoms with E-state index in [0.717, 1.165) is 41.1 Å². The number of ether oxygens (including phenoxy) is 1. The van der Waals surface area contributed by atoms with Gasteiger partial charge in [-0.25, -0.2) is 0 Å². The smallest absolute Gasteiger partial charge is 0.247 e. The summed E-state index contributed by atoms with van der Waals surface area (Å²) in [4.78, 5) is 17.6. The zero-order chi connectivity index (χ0) is 25.5. The average Bonchev–Trinajstić information content (AvgIpc) is 3.61. The molecule has 0 bridgehead atoms. The van der Waals surface area contributed by atoms with Crippen LogP contribution < -0.4 is 4.74 Å². The minimum atomic E-state index is 0.0639. The van der Waals surface area contributed by atoms with Crippen LogP contribution in [0.2, 0.25) is 0 Å². The molecule has 1 amide bonds. The lowest BCUT2D eigenvalue weighted by atomic mass is 10.1. The lowest BCUT2D eigenvalue weighted by Crippen LogP contribution is -2.41. The summed E-state index contributed by atoms with van der Waals surface area (Å²) in [5.41, 5.74) is 2.06. The highest BCUT2D eigenvalue weighted by Crippen LogP contribution is 2.22. The third-order valence-corrected chi connectivity index (χ3v) is 7.07. The van der Waals surface area contributed by atoms with Crippen molar-refractivity contribution in [1.82, 2.24) is 20.0 Å². The molecule has 1 saturated heterocycles. The Bertz CT molecular complexity index is 1310. The Kier molecular flexibility index (Phi) is 8.08.